The lowest BCUT2D eigenvalue weighted by Gasteiger charge is -2.21. The number of para-hydroxylation sites is 1. The van der Waals surface area contributed by atoms with Gasteiger partial charge in [-0.25, -0.2) is 0 Å². The maximum absolute atomic E-state index is 4.42. The zero-order chi connectivity index (χ0) is 19.1. The molecular formula is C22H31N5. The molecule has 2 N–H and O–H groups in total. The summed E-state index contributed by atoms with van der Waals surface area (Å²) in [6, 6.07) is 19.6. The highest BCUT2D eigenvalue weighted by Gasteiger charge is 2.23. The van der Waals surface area contributed by atoms with Crippen molar-refractivity contribution in [2.45, 2.75) is 25.6 Å². The van der Waals surface area contributed by atoms with Crippen LogP contribution in [0, 0.1) is 0 Å². The van der Waals surface area contributed by atoms with E-state index in [-0.39, 0.29) is 0 Å². The van der Waals surface area contributed by atoms with E-state index in [0.29, 0.717) is 6.04 Å². The van der Waals surface area contributed by atoms with Crippen LogP contribution in [0.25, 0.3) is 0 Å². The molecule has 144 valence electrons. The lowest BCUT2D eigenvalue weighted by molar-refractivity contribution is 0.400. The molecule has 0 saturated carbocycles. The van der Waals surface area contributed by atoms with Gasteiger partial charge >= 0.3 is 0 Å². The van der Waals surface area contributed by atoms with Crippen molar-refractivity contribution >= 4 is 11.6 Å². The molecule has 5 nitrogen and oxygen atoms in total. The van der Waals surface area contributed by atoms with Crippen molar-refractivity contribution in [2.75, 3.05) is 39.1 Å². The Labute approximate surface area is 163 Å². The van der Waals surface area contributed by atoms with E-state index in [1.807, 2.05) is 7.05 Å². The third kappa shape index (κ3) is 5.47. The zero-order valence-electron chi connectivity index (χ0n) is 16.7. The summed E-state index contributed by atoms with van der Waals surface area (Å²) in [4.78, 5) is 9.05. The number of nitrogens with one attached hydrogen (secondary N) is 2. The molecule has 1 aliphatic rings. The molecule has 0 spiro atoms. The van der Waals surface area contributed by atoms with Gasteiger partial charge < -0.3 is 20.4 Å². The molecule has 2 aromatic rings. The Morgan fingerprint density at radius 2 is 1.78 bits per heavy atom. The summed E-state index contributed by atoms with van der Waals surface area (Å²) in [5.41, 5.74) is 3.95. The Kier molecular flexibility index (Phi) is 6.71. The molecule has 5 heteroatoms. The molecule has 0 aliphatic carbocycles. The average Bonchev–Trinajstić information content (AvgIpc) is 3.15. The van der Waals surface area contributed by atoms with Crippen molar-refractivity contribution in [3.05, 3.63) is 65.7 Å². The molecule has 0 bridgehead atoms. The lowest BCUT2D eigenvalue weighted by Crippen LogP contribution is -2.44. The van der Waals surface area contributed by atoms with E-state index >= 15 is 0 Å². The Morgan fingerprint density at radius 1 is 1.07 bits per heavy atom. The first-order valence-corrected chi connectivity index (χ1v) is 9.64. The molecule has 1 aliphatic heterocycles. The van der Waals surface area contributed by atoms with Crippen molar-refractivity contribution in [2.24, 2.45) is 4.99 Å². The summed E-state index contributed by atoms with van der Waals surface area (Å²) in [5.74, 6) is 0.870. The minimum Gasteiger partial charge on any atom is -0.369 e. The maximum atomic E-state index is 4.42. The van der Waals surface area contributed by atoms with Gasteiger partial charge in [-0.2, -0.15) is 0 Å². The van der Waals surface area contributed by atoms with Crippen LogP contribution in [-0.2, 0) is 13.1 Å². The van der Waals surface area contributed by atoms with Gasteiger partial charge in [0.05, 0.1) is 0 Å². The number of hydrogen-bond acceptors (Lipinski definition) is 3. The minimum absolute atomic E-state index is 0.411. The third-order valence-electron chi connectivity index (χ3n) is 4.93. The van der Waals surface area contributed by atoms with Gasteiger partial charge in [0, 0.05) is 45.0 Å². The molecule has 3 rings (SSSR count). The minimum atomic E-state index is 0.411. The van der Waals surface area contributed by atoms with Crippen molar-refractivity contribution in [3.8, 4) is 0 Å². The van der Waals surface area contributed by atoms with E-state index in [2.05, 4.69) is 94.1 Å². The number of benzene rings is 2. The fraction of sp³-hybridized carbons (Fsp3) is 0.409. The van der Waals surface area contributed by atoms with Crippen LogP contribution in [0.15, 0.2) is 59.6 Å². The van der Waals surface area contributed by atoms with Crippen LogP contribution < -0.4 is 15.5 Å². The van der Waals surface area contributed by atoms with Crippen LogP contribution >= 0.6 is 0 Å². The Bertz CT molecular complexity index is 741. The molecule has 1 fully saturated rings. The van der Waals surface area contributed by atoms with Gasteiger partial charge in [-0.15, -0.1) is 0 Å². The Hall–Kier alpha value is -2.53. The van der Waals surface area contributed by atoms with Gasteiger partial charge in [-0.3, -0.25) is 4.99 Å². The number of aliphatic imine (C=N–C) groups is 1. The van der Waals surface area contributed by atoms with E-state index in [9.17, 15) is 0 Å². The molecule has 1 saturated heterocycles. The fourth-order valence-corrected chi connectivity index (χ4v) is 3.54. The number of nitrogens with zero attached hydrogens (tertiary/aromatic N) is 3. The summed E-state index contributed by atoms with van der Waals surface area (Å²) >= 11 is 0. The van der Waals surface area contributed by atoms with Gasteiger partial charge in [-0.1, -0.05) is 42.5 Å². The fourth-order valence-electron chi connectivity index (χ4n) is 3.54. The quantitative estimate of drug-likeness (QED) is 0.610. The van der Waals surface area contributed by atoms with Crippen LogP contribution in [0.3, 0.4) is 0 Å². The first-order chi connectivity index (χ1) is 13.2. The van der Waals surface area contributed by atoms with Gasteiger partial charge in [0.1, 0.15) is 0 Å². The average molecular weight is 366 g/mol. The highest BCUT2D eigenvalue weighted by molar-refractivity contribution is 5.80. The molecular weight excluding hydrogens is 334 g/mol. The number of anilines is 1. The number of hydrogen-bond donors (Lipinski definition) is 2. The van der Waals surface area contributed by atoms with Gasteiger partial charge in [0.15, 0.2) is 5.96 Å². The normalized spacial score (nSPS) is 17.4. The summed E-state index contributed by atoms with van der Waals surface area (Å²) in [7, 11) is 6.04. The second-order valence-electron chi connectivity index (χ2n) is 7.34. The van der Waals surface area contributed by atoms with Crippen LogP contribution in [0.2, 0.25) is 0 Å². The van der Waals surface area contributed by atoms with Crippen LogP contribution in [0.4, 0.5) is 5.69 Å². The standard InChI is InChI=1S/C22H31N5/c1-23-22(24-15-18-9-7-8-10-19(18)16-26(2)3)25-20-13-14-27(17-20)21-11-5-4-6-12-21/h4-12,20H,13-17H2,1-3H3,(H2,23,24,25). The van der Waals surface area contributed by atoms with E-state index in [1.165, 1.54) is 16.8 Å². The summed E-state index contributed by atoms with van der Waals surface area (Å²) in [6.45, 7) is 3.80. The topological polar surface area (TPSA) is 42.9 Å². The predicted molar refractivity (Wildman–Crippen MR) is 114 cm³/mol. The lowest BCUT2D eigenvalue weighted by atomic mass is 10.1. The summed E-state index contributed by atoms with van der Waals surface area (Å²) < 4.78 is 0. The van der Waals surface area contributed by atoms with E-state index in [1.54, 1.807) is 0 Å². The number of guanidine groups is 1. The third-order valence-corrected chi connectivity index (χ3v) is 4.93. The first kappa shape index (κ1) is 19.2. The molecule has 0 aromatic heterocycles. The molecule has 0 amide bonds. The van der Waals surface area contributed by atoms with Crippen molar-refractivity contribution in [1.29, 1.82) is 0 Å². The molecule has 0 radical (unpaired) electrons. The molecule has 1 unspecified atom stereocenters. The molecule has 1 heterocycles. The SMILES string of the molecule is CN=C(NCc1ccccc1CN(C)C)NC1CCN(c2ccccc2)C1. The van der Waals surface area contributed by atoms with Crippen molar-refractivity contribution in [1.82, 2.24) is 15.5 Å². The second-order valence-corrected chi connectivity index (χ2v) is 7.34. The van der Waals surface area contributed by atoms with E-state index < -0.39 is 0 Å². The van der Waals surface area contributed by atoms with Gasteiger partial charge in [0.25, 0.3) is 0 Å². The van der Waals surface area contributed by atoms with Gasteiger partial charge in [0.2, 0.25) is 0 Å². The largest absolute Gasteiger partial charge is 0.369 e. The molecule has 2 aromatic carbocycles. The summed E-state index contributed by atoms with van der Waals surface area (Å²) in [5, 5.41) is 7.07. The Balaban J connectivity index is 1.54. The highest BCUT2D eigenvalue weighted by Crippen LogP contribution is 2.19. The Morgan fingerprint density at radius 3 is 2.48 bits per heavy atom. The van der Waals surface area contributed by atoms with Crippen molar-refractivity contribution in [3.63, 3.8) is 0 Å². The van der Waals surface area contributed by atoms with Crippen molar-refractivity contribution < 1.29 is 0 Å². The first-order valence-electron chi connectivity index (χ1n) is 9.64. The van der Waals surface area contributed by atoms with Gasteiger partial charge in [-0.05, 0) is 43.8 Å². The number of rotatable bonds is 6. The molecule has 1 atom stereocenters. The molecule has 27 heavy (non-hydrogen) atoms. The maximum Gasteiger partial charge on any atom is 0.191 e. The van der Waals surface area contributed by atoms with Crippen LogP contribution in [0.1, 0.15) is 17.5 Å². The van der Waals surface area contributed by atoms with Crippen LogP contribution in [-0.4, -0.2) is 51.1 Å². The monoisotopic (exact) mass is 365 g/mol. The zero-order valence-corrected chi connectivity index (χ0v) is 16.7. The van der Waals surface area contributed by atoms with Crippen LogP contribution in [0.5, 0.6) is 0 Å². The smallest absolute Gasteiger partial charge is 0.191 e. The van der Waals surface area contributed by atoms with E-state index in [4.69, 9.17) is 0 Å². The second kappa shape index (κ2) is 9.42. The predicted octanol–water partition coefficient (Wildman–Crippen LogP) is 2.69. The summed E-state index contributed by atoms with van der Waals surface area (Å²) in [6.07, 6.45) is 1.12. The highest BCUT2D eigenvalue weighted by atomic mass is 15.2. The van der Waals surface area contributed by atoms with E-state index in [0.717, 1.165) is 38.6 Å².